The molecule has 1 aromatic heterocycles. The molecule has 0 bridgehead atoms. The van der Waals surface area contributed by atoms with Crippen molar-refractivity contribution in [2.45, 2.75) is 10.6 Å². The van der Waals surface area contributed by atoms with Crippen molar-refractivity contribution < 1.29 is 14.0 Å². The SMILES string of the molecule is N#CC(C=O)C(=O)N(c1cccc(Cl)c1)c1nn(-c2ccc(F)cc2)c2c1CSc1ccccc1-2. The summed E-state index contributed by atoms with van der Waals surface area (Å²) in [5, 5.41) is 14.6. The highest BCUT2D eigenvalue weighted by Crippen LogP contribution is 2.47. The lowest BCUT2D eigenvalue weighted by Crippen LogP contribution is -2.33. The molecular formula is C26H16ClFN4O2S. The van der Waals surface area contributed by atoms with Gasteiger partial charge in [0.05, 0.1) is 23.1 Å². The molecule has 1 unspecified atom stereocenters. The molecule has 172 valence electrons. The number of carbonyl (C=O) groups excluding carboxylic acids is 2. The third-order valence-corrected chi connectivity index (χ3v) is 6.92. The molecule has 4 aromatic rings. The largest absolute Gasteiger partial charge is 0.301 e. The Labute approximate surface area is 209 Å². The van der Waals surface area contributed by atoms with Crippen LogP contribution in [0.4, 0.5) is 15.9 Å². The van der Waals surface area contributed by atoms with E-state index in [-0.39, 0.29) is 11.6 Å². The van der Waals surface area contributed by atoms with Crippen molar-refractivity contribution >= 4 is 47.1 Å². The van der Waals surface area contributed by atoms with E-state index >= 15 is 0 Å². The molecule has 9 heteroatoms. The van der Waals surface area contributed by atoms with E-state index in [4.69, 9.17) is 16.7 Å². The van der Waals surface area contributed by atoms with Crippen LogP contribution in [0.5, 0.6) is 0 Å². The van der Waals surface area contributed by atoms with Crippen molar-refractivity contribution in [2.24, 2.45) is 5.92 Å². The van der Waals surface area contributed by atoms with Crippen LogP contribution in [0.1, 0.15) is 5.56 Å². The van der Waals surface area contributed by atoms with E-state index in [0.717, 1.165) is 21.7 Å². The summed E-state index contributed by atoms with van der Waals surface area (Å²) in [4.78, 5) is 27.3. The van der Waals surface area contributed by atoms with Gasteiger partial charge in [-0.05, 0) is 48.5 Å². The quantitative estimate of drug-likeness (QED) is 0.249. The maximum absolute atomic E-state index is 13.7. The van der Waals surface area contributed by atoms with Crippen molar-refractivity contribution in [3.63, 3.8) is 0 Å². The third kappa shape index (κ3) is 4.09. The van der Waals surface area contributed by atoms with Crippen LogP contribution in [-0.2, 0) is 15.3 Å². The molecule has 1 aliphatic rings. The Morgan fingerprint density at radius 2 is 1.94 bits per heavy atom. The number of aldehydes is 1. The Morgan fingerprint density at radius 3 is 2.66 bits per heavy atom. The number of fused-ring (bicyclic) bond motifs is 3. The first kappa shape index (κ1) is 22.8. The summed E-state index contributed by atoms with van der Waals surface area (Å²) in [5.74, 6) is -1.87. The topological polar surface area (TPSA) is 79.0 Å². The molecule has 0 radical (unpaired) electrons. The van der Waals surface area contributed by atoms with Crippen molar-refractivity contribution in [2.75, 3.05) is 4.90 Å². The number of benzene rings is 3. The van der Waals surface area contributed by atoms with E-state index in [9.17, 15) is 19.2 Å². The Bertz CT molecular complexity index is 1500. The van der Waals surface area contributed by atoms with E-state index < -0.39 is 11.8 Å². The fraction of sp³-hybridized carbons (Fsp3) is 0.0769. The molecule has 3 aromatic carbocycles. The number of halogens is 2. The minimum Gasteiger partial charge on any atom is -0.301 e. The third-order valence-electron chi connectivity index (χ3n) is 5.59. The van der Waals surface area contributed by atoms with Gasteiger partial charge in [0.15, 0.2) is 11.7 Å². The molecule has 0 N–H and O–H groups in total. The Balaban J connectivity index is 1.80. The van der Waals surface area contributed by atoms with Crippen molar-refractivity contribution in [1.29, 1.82) is 5.26 Å². The molecule has 6 nitrogen and oxygen atoms in total. The number of amides is 1. The van der Waals surface area contributed by atoms with Crippen LogP contribution in [0.25, 0.3) is 16.9 Å². The number of hydrogen-bond acceptors (Lipinski definition) is 5. The van der Waals surface area contributed by atoms with E-state index in [0.29, 0.717) is 28.4 Å². The van der Waals surface area contributed by atoms with E-state index in [2.05, 4.69) is 0 Å². The van der Waals surface area contributed by atoms with Crippen LogP contribution in [0.3, 0.4) is 0 Å². The molecule has 0 spiro atoms. The van der Waals surface area contributed by atoms with E-state index in [1.165, 1.54) is 17.0 Å². The first-order valence-corrected chi connectivity index (χ1v) is 11.9. The zero-order chi connectivity index (χ0) is 24.5. The lowest BCUT2D eigenvalue weighted by Gasteiger charge is -2.24. The summed E-state index contributed by atoms with van der Waals surface area (Å²) < 4.78 is 15.3. The zero-order valence-electron chi connectivity index (χ0n) is 18.1. The molecule has 35 heavy (non-hydrogen) atoms. The number of nitriles is 1. The summed E-state index contributed by atoms with van der Waals surface area (Å²) in [5.41, 5.74) is 3.38. The molecule has 1 amide bonds. The van der Waals surface area contributed by atoms with Gasteiger partial charge in [-0.3, -0.25) is 9.69 Å². The van der Waals surface area contributed by atoms with Crippen molar-refractivity contribution in [1.82, 2.24) is 9.78 Å². The van der Waals surface area contributed by atoms with Crippen LogP contribution in [0.15, 0.2) is 77.7 Å². The molecule has 0 saturated heterocycles. The fourth-order valence-corrected chi connectivity index (χ4v) is 5.23. The van der Waals surface area contributed by atoms with Gasteiger partial charge in [0, 0.05) is 26.8 Å². The molecule has 0 fully saturated rings. The van der Waals surface area contributed by atoms with Gasteiger partial charge in [-0.15, -0.1) is 16.9 Å². The highest BCUT2D eigenvalue weighted by molar-refractivity contribution is 7.98. The molecular weight excluding hydrogens is 487 g/mol. The molecule has 1 aliphatic heterocycles. The number of hydrogen-bond donors (Lipinski definition) is 0. The minimum absolute atomic E-state index is 0.278. The van der Waals surface area contributed by atoms with Crippen LogP contribution in [0, 0.1) is 23.1 Å². The molecule has 0 aliphatic carbocycles. The smallest absolute Gasteiger partial charge is 0.257 e. The van der Waals surface area contributed by atoms with E-state index in [1.807, 2.05) is 24.3 Å². The van der Waals surface area contributed by atoms with Crippen molar-refractivity contribution in [3.05, 3.63) is 89.2 Å². The number of carbonyl (C=O) groups is 2. The summed E-state index contributed by atoms with van der Waals surface area (Å²) in [6.45, 7) is 0. The van der Waals surface area contributed by atoms with Crippen LogP contribution >= 0.6 is 23.4 Å². The second-order valence-electron chi connectivity index (χ2n) is 7.72. The lowest BCUT2D eigenvalue weighted by molar-refractivity contribution is -0.124. The number of aromatic nitrogens is 2. The second-order valence-corrected chi connectivity index (χ2v) is 9.17. The Kier molecular flexibility index (Phi) is 6.12. The van der Waals surface area contributed by atoms with Gasteiger partial charge in [0.2, 0.25) is 0 Å². The first-order valence-electron chi connectivity index (χ1n) is 10.6. The predicted molar refractivity (Wildman–Crippen MR) is 132 cm³/mol. The van der Waals surface area contributed by atoms with Gasteiger partial charge in [0.1, 0.15) is 12.1 Å². The van der Waals surface area contributed by atoms with Gasteiger partial charge in [-0.25, -0.2) is 9.07 Å². The van der Waals surface area contributed by atoms with Gasteiger partial charge in [-0.2, -0.15) is 5.26 Å². The first-order chi connectivity index (χ1) is 17.0. The maximum Gasteiger partial charge on any atom is 0.257 e. The molecule has 2 heterocycles. The number of anilines is 2. The summed E-state index contributed by atoms with van der Waals surface area (Å²) >= 11 is 7.81. The molecule has 5 rings (SSSR count). The number of nitrogens with zero attached hydrogens (tertiary/aromatic N) is 4. The number of thioether (sulfide) groups is 1. The fourth-order valence-electron chi connectivity index (χ4n) is 3.99. The lowest BCUT2D eigenvalue weighted by atomic mass is 10.1. The minimum atomic E-state index is -1.52. The van der Waals surface area contributed by atoms with Gasteiger partial charge >= 0.3 is 0 Å². The Morgan fingerprint density at radius 1 is 1.17 bits per heavy atom. The second kappa shape index (κ2) is 9.37. The monoisotopic (exact) mass is 502 g/mol. The highest BCUT2D eigenvalue weighted by atomic mass is 35.5. The zero-order valence-corrected chi connectivity index (χ0v) is 19.6. The standard InChI is InChI=1S/C26H16ClFN4O2S/c27-17-4-3-5-20(12-17)31(26(34)16(13-29)14-33)25-22-15-35-23-7-2-1-6-21(23)24(22)32(30-25)19-10-8-18(28)9-11-19/h1-12,14,16H,15H2. The summed E-state index contributed by atoms with van der Waals surface area (Å²) in [6.07, 6.45) is 0.313. The van der Waals surface area contributed by atoms with Crippen LogP contribution in [0.2, 0.25) is 5.02 Å². The summed E-state index contributed by atoms with van der Waals surface area (Å²) in [6, 6.07) is 22.0. The van der Waals surface area contributed by atoms with Gasteiger partial charge in [0.25, 0.3) is 5.91 Å². The van der Waals surface area contributed by atoms with Crippen LogP contribution in [-0.4, -0.2) is 22.0 Å². The van der Waals surface area contributed by atoms with Gasteiger partial charge < -0.3 is 4.79 Å². The van der Waals surface area contributed by atoms with E-state index in [1.54, 1.807) is 58.9 Å². The average molecular weight is 503 g/mol. The molecule has 1 atom stereocenters. The normalized spacial score (nSPS) is 12.7. The van der Waals surface area contributed by atoms with Gasteiger partial charge in [-0.1, -0.05) is 35.9 Å². The predicted octanol–water partition coefficient (Wildman–Crippen LogP) is 5.94. The maximum atomic E-state index is 13.7. The summed E-state index contributed by atoms with van der Waals surface area (Å²) in [7, 11) is 0. The Hall–Kier alpha value is -3.93. The van der Waals surface area contributed by atoms with Crippen LogP contribution < -0.4 is 4.90 Å². The number of rotatable bonds is 5. The van der Waals surface area contributed by atoms with Crippen molar-refractivity contribution in [3.8, 4) is 23.0 Å². The highest BCUT2D eigenvalue weighted by Gasteiger charge is 2.34. The average Bonchev–Trinajstić information content (AvgIpc) is 3.25. The molecule has 0 saturated carbocycles.